The zero-order valence-corrected chi connectivity index (χ0v) is 11.4. The van der Waals surface area contributed by atoms with E-state index in [9.17, 15) is 5.11 Å². The number of rotatable bonds is 7. The maximum absolute atomic E-state index is 10.4. The number of ether oxygens (including phenoxy) is 2. The van der Waals surface area contributed by atoms with Crippen molar-refractivity contribution >= 4 is 0 Å². The van der Waals surface area contributed by atoms with Crippen molar-refractivity contribution in [2.45, 2.75) is 32.8 Å². The summed E-state index contributed by atoms with van der Waals surface area (Å²) in [5.74, 6) is 1.34. The molecular weight excluding hydrogens is 230 g/mol. The van der Waals surface area contributed by atoms with E-state index >= 15 is 0 Å². The summed E-state index contributed by atoms with van der Waals surface area (Å²) in [6.45, 7) is 7.06. The molecule has 0 spiro atoms. The molecule has 102 valence electrons. The number of hydrogen-bond donors (Lipinski definition) is 2. The number of nitrogens with two attached hydrogens (primary N) is 1. The predicted molar refractivity (Wildman–Crippen MR) is 72.0 cm³/mol. The van der Waals surface area contributed by atoms with Crippen LogP contribution in [-0.2, 0) is 5.60 Å². The van der Waals surface area contributed by atoms with Crippen LogP contribution < -0.4 is 15.2 Å². The van der Waals surface area contributed by atoms with Gasteiger partial charge in [0.25, 0.3) is 0 Å². The van der Waals surface area contributed by atoms with Crippen molar-refractivity contribution in [2.75, 3.05) is 19.8 Å². The van der Waals surface area contributed by atoms with Gasteiger partial charge in [-0.3, -0.25) is 0 Å². The summed E-state index contributed by atoms with van der Waals surface area (Å²) in [6.07, 6.45) is 0.559. The average Bonchev–Trinajstić information content (AvgIpc) is 2.40. The molecule has 1 rings (SSSR count). The van der Waals surface area contributed by atoms with E-state index in [1.165, 1.54) is 0 Å². The fourth-order valence-electron chi connectivity index (χ4n) is 1.81. The van der Waals surface area contributed by atoms with Crippen molar-refractivity contribution in [3.05, 3.63) is 23.8 Å². The lowest BCUT2D eigenvalue weighted by Crippen LogP contribution is -2.34. The predicted octanol–water partition coefficient (Wildman–Crippen LogP) is 2.04. The summed E-state index contributed by atoms with van der Waals surface area (Å²) >= 11 is 0. The van der Waals surface area contributed by atoms with E-state index in [0.717, 1.165) is 5.56 Å². The van der Waals surface area contributed by atoms with Gasteiger partial charge in [-0.2, -0.15) is 0 Å². The van der Waals surface area contributed by atoms with Gasteiger partial charge in [-0.15, -0.1) is 0 Å². The second-order valence-corrected chi connectivity index (χ2v) is 4.12. The van der Waals surface area contributed by atoms with Crippen LogP contribution in [0.15, 0.2) is 18.2 Å². The van der Waals surface area contributed by atoms with E-state index in [2.05, 4.69) is 0 Å². The minimum atomic E-state index is -1.00. The van der Waals surface area contributed by atoms with Gasteiger partial charge in [0.05, 0.1) is 13.2 Å². The molecule has 1 atom stereocenters. The molecule has 0 saturated carbocycles. The Kier molecular flexibility index (Phi) is 5.44. The fraction of sp³-hybridized carbons (Fsp3) is 0.571. The molecular formula is C14H23NO3. The lowest BCUT2D eigenvalue weighted by Gasteiger charge is -2.26. The van der Waals surface area contributed by atoms with Gasteiger partial charge in [0.15, 0.2) is 11.5 Å². The molecule has 1 unspecified atom stereocenters. The highest BCUT2D eigenvalue weighted by atomic mass is 16.5. The van der Waals surface area contributed by atoms with Crippen molar-refractivity contribution < 1.29 is 14.6 Å². The van der Waals surface area contributed by atoms with E-state index in [-0.39, 0.29) is 6.54 Å². The van der Waals surface area contributed by atoms with Gasteiger partial charge in [-0.05, 0) is 38.0 Å². The van der Waals surface area contributed by atoms with Crippen LogP contribution in [0.25, 0.3) is 0 Å². The molecule has 0 amide bonds. The zero-order chi connectivity index (χ0) is 13.6. The lowest BCUT2D eigenvalue weighted by molar-refractivity contribution is 0.0415. The smallest absolute Gasteiger partial charge is 0.161 e. The molecule has 4 nitrogen and oxygen atoms in total. The number of benzene rings is 1. The molecule has 18 heavy (non-hydrogen) atoms. The standard InChI is InChI=1S/C14H23NO3/c1-4-14(16,10-15)11-7-8-12(17-5-2)13(9-11)18-6-3/h7-9,16H,4-6,10,15H2,1-3H3. The summed E-state index contributed by atoms with van der Waals surface area (Å²) < 4.78 is 11.0. The van der Waals surface area contributed by atoms with Crippen molar-refractivity contribution in [1.82, 2.24) is 0 Å². The van der Waals surface area contributed by atoms with Gasteiger partial charge < -0.3 is 20.3 Å². The van der Waals surface area contributed by atoms with Crippen LogP contribution in [-0.4, -0.2) is 24.9 Å². The molecule has 1 aromatic carbocycles. The molecule has 0 aromatic heterocycles. The van der Waals surface area contributed by atoms with Crippen LogP contribution in [0, 0.1) is 0 Å². The third-order valence-electron chi connectivity index (χ3n) is 3.00. The molecule has 0 aliphatic rings. The summed E-state index contributed by atoms with van der Waals surface area (Å²) in [4.78, 5) is 0. The zero-order valence-electron chi connectivity index (χ0n) is 11.4. The third-order valence-corrected chi connectivity index (χ3v) is 3.00. The van der Waals surface area contributed by atoms with Gasteiger partial charge in [0.1, 0.15) is 5.60 Å². The first-order chi connectivity index (χ1) is 8.61. The molecule has 3 N–H and O–H groups in total. The molecule has 4 heteroatoms. The van der Waals surface area contributed by atoms with E-state index in [1.807, 2.05) is 39.0 Å². The van der Waals surface area contributed by atoms with E-state index in [0.29, 0.717) is 31.1 Å². The van der Waals surface area contributed by atoms with Crippen LogP contribution in [0.3, 0.4) is 0 Å². The van der Waals surface area contributed by atoms with Crippen molar-refractivity contribution in [3.63, 3.8) is 0 Å². The van der Waals surface area contributed by atoms with Crippen LogP contribution in [0.5, 0.6) is 11.5 Å². The quantitative estimate of drug-likeness (QED) is 0.780. The van der Waals surface area contributed by atoms with Gasteiger partial charge in [-0.25, -0.2) is 0 Å². The van der Waals surface area contributed by atoms with Crippen molar-refractivity contribution in [3.8, 4) is 11.5 Å². The fourth-order valence-corrected chi connectivity index (χ4v) is 1.81. The van der Waals surface area contributed by atoms with E-state index in [4.69, 9.17) is 15.2 Å². The molecule has 0 heterocycles. The number of hydrogen-bond acceptors (Lipinski definition) is 4. The minimum Gasteiger partial charge on any atom is -0.490 e. The van der Waals surface area contributed by atoms with Gasteiger partial charge in [0.2, 0.25) is 0 Å². The van der Waals surface area contributed by atoms with E-state index < -0.39 is 5.60 Å². The molecule has 0 fully saturated rings. The highest BCUT2D eigenvalue weighted by molar-refractivity contribution is 5.44. The van der Waals surface area contributed by atoms with Gasteiger partial charge in [-0.1, -0.05) is 13.0 Å². The van der Waals surface area contributed by atoms with Crippen molar-refractivity contribution in [1.29, 1.82) is 0 Å². The van der Waals surface area contributed by atoms with Gasteiger partial charge >= 0.3 is 0 Å². The van der Waals surface area contributed by atoms with Gasteiger partial charge in [0, 0.05) is 6.54 Å². The molecule has 0 bridgehead atoms. The Labute approximate surface area is 109 Å². The average molecular weight is 253 g/mol. The maximum atomic E-state index is 10.4. The molecule has 1 aromatic rings. The Bertz CT molecular complexity index is 375. The molecule has 0 saturated heterocycles. The molecule has 0 aliphatic heterocycles. The summed E-state index contributed by atoms with van der Waals surface area (Å²) in [6, 6.07) is 5.47. The largest absolute Gasteiger partial charge is 0.490 e. The lowest BCUT2D eigenvalue weighted by atomic mass is 9.91. The third kappa shape index (κ3) is 3.15. The summed E-state index contributed by atoms with van der Waals surface area (Å²) in [7, 11) is 0. The van der Waals surface area contributed by atoms with E-state index in [1.54, 1.807) is 0 Å². The summed E-state index contributed by atoms with van der Waals surface area (Å²) in [5.41, 5.74) is 5.41. The second kappa shape index (κ2) is 6.61. The topological polar surface area (TPSA) is 64.7 Å². The SMILES string of the molecule is CCOc1ccc(C(O)(CC)CN)cc1OCC. The molecule has 0 aliphatic carbocycles. The first-order valence-corrected chi connectivity index (χ1v) is 6.43. The van der Waals surface area contributed by atoms with Crippen LogP contribution >= 0.6 is 0 Å². The van der Waals surface area contributed by atoms with Crippen LogP contribution in [0.1, 0.15) is 32.8 Å². The van der Waals surface area contributed by atoms with Crippen LogP contribution in [0.2, 0.25) is 0 Å². The molecule has 0 radical (unpaired) electrons. The number of aliphatic hydroxyl groups is 1. The first kappa shape index (κ1) is 14.8. The Hall–Kier alpha value is -1.26. The Morgan fingerprint density at radius 2 is 1.72 bits per heavy atom. The normalized spacial score (nSPS) is 14.1. The Morgan fingerprint density at radius 3 is 2.22 bits per heavy atom. The monoisotopic (exact) mass is 253 g/mol. The highest BCUT2D eigenvalue weighted by Gasteiger charge is 2.26. The second-order valence-electron chi connectivity index (χ2n) is 4.12. The first-order valence-electron chi connectivity index (χ1n) is 6.43. The minimum absolute atomic E-state index is 0.184. The maximum Gasteiger partial charge on any atom is 0.161 e. The van der Waals surface area contributed by atoms with Crippen molar-refractivity contribution in [2.24, 2.45) is 5.73 Å². The Morgan fingerprint density at radius 1 is 1.11 bits per heavy atom. The highest BCUT2D eigenvalue weighted by Crippen LogP contribution is 2.33. The van der Waals surface area contributed by atoms with Crippen LogP contribution in [0.4, 0.5) is 0 Å². The summed E-state index contributed by atoms with van der Waals surface area (Å²) in [5, 5.41) is 10.4. The Balaban J connectivity index is 3.13.